The highest BCUT2D eigenvalue weighted by Crippen LogP contribution is 2.31. The third-order valence-electron chi connectivity index (χ3n) is 9.43. The number of nitrogens with zero attached hydrogens (tertiary/aromatic N) is 6. The normalized spacial score (nSPS) is 24.0. The molecule has 2 aromatic heterocycles. The Morgan fingerprint density at radius 2 is 0.673 bits per heavy atom. The van der Waals surface area contributed by atoms with Crippen LogP contribution >= 0.6 is 0 Å². The van der Waals surface area contributed by atoms with Gasteiger partial charge in [-0.3, -0.25) is 0 Å². The smallest absolute Gasteiger partial charge is 0.336 e. The summed E-state index contributed by atoms with van der Waals surface area (Å²) < 4.78 is 48.5. The van der Waals surface area contributed by atoms with Crippen molar-refractivity contribution in [3.05, 3.63) is 62.9 Å². The van der Waals surface area contributed by atoms with E-state index in [0.717, 1.165) is 27.4 Å². The summed E-state index contributed by atoms with van der Waals surface area (Å²) in [5.74, 6) is 0. The molecule has 6 heterocycles. The van der Waals surface area contributed by atoms with Crippen LogP contribution in [0.4, 0.5) is 0 Å². The number of hydrogen-bond acceptors (Lipinski definition) is 13. The Balaban J connectivity index is 1.23. The Kier molecular flexibility index (Phi) is 12.2. The first-order valence-electron chi connectivity index (χ1n) is 19.1. The van der Waals surface area contributed by atoms with Gasteiger partial charge in [-0.25, -0.2) is 56.2 Å². The van der Waals surface area contributed by atoms with Crippen LogP contribution in [0.15, 0.2) is 28.8 Å². The molecule has 0 spiro atoms. The molecule has 0 N–H and O–H groups in total. The van der Waals surface area contributed by atoms with Gasteiger partial charge >= 0.3 is 51.3 Å². The van der Waals surface area contributed by atoms with Gasteiger partial charge in [-0.2, -0.15) is 0 Å². The van der Waals surface area contributed by atoms with E-state index in [0.29, 0.717) is 51.4 Å². The summed E-state index contributed by atoms with van der Waals surface area (Å²) in [4.78, 5) is 80.6. The van der Waals surface area contributed by atoms with Crippen molar-refractivity contribution in [1.82, 2.24) is 27.4 Å². The van der Waals surface area contributed by atoms with Crippen molar-refractivity contribution in [3.63, 3.8) is 0 Å². The fraction of sp³-hybridized carbons (Fsp3) is 0.812. The van der Waals surface area contributed by atoms with Gasteiger partial charge in [-0.1, -0.05) is 0 Å². The highest BCUT2D eigenvalue weighted by Gasteiger charge is 2.47. The standard InChI is InChI=1S/C32H56N6O13Si4/c1-52(2,3)49-54(7,13-9-11-33-27(39)35(15-23-19-45-23)31(43)36(28(33)40)16-24-20-46-24)51-55(8,50-53(4,5)6)14-10-12-34-29(41)37(17-25-21-47-25)32(44)38(30(34)42)18-26-22-48-26/h23-26H,9-22H2,1-8H3. The first-order chi connectivity index (χ1) is 25.6. The van der Waals surface area contributed by atoms with E-state index in [4.69, 9.17) is 31.3 Å². The van der Waals surface area contributed by atoms with Crippen LogP contribution in [0.25, 0.3) is 0 Å². The maximum Gasteiger partial charge on any atom is 0.336 e. The predicted molar refractivity (Wildman–Crippen MR) is 209 cm³/mol. The second-order valence-corrected chi connectivity index (χ2v) is 33.7. The highest BCUT2D eigenvalue weighted by molar-refractivity contribution is 6.89. The van der Waals surface area contributed by atoms with E-state index in [1.807, 2.05) is 13.1 Å². The van der Waals surface area contributed by atoms with Gasteiger partial charge in [0.1, 0.15) is 0 Å². The van der Waals surface area contributed by atoms with Gasteiger partial charge < -0.3 is 31.3 Å². The van der Waals surface area contributed by atoms with Gasteiger partial charge in [0.15, 0.2) is 16.6 Å². The Hall–Kier alpha value is -2.59. The zero-order chi connectivity index (χ0) is 40.1. The zero-order valence-electron chi connectivity index (χ0n) is 33.2. The average Bonchev–Trinajstić information content (AvgIpc) is 3.87. The quantitative estimate of drug-likeness (QED) is 0.109. The van der Waals surface area contributed by atoms with Crippen LogP contribution in [0.1, 0.15) is 12.8 Å². The van der Waals surface area contributed by atoms with Crippen LogP contribution in [0.5, 0.6) is 0 Å². The molecule has 0 amide bonds. The topological polar surface area (TPSA) is 210 Å². The van der Waals surface area contributed by atoms with E-state index in [1.54, 1.807) is 0 Å². The molecule has 4 saturated heterocycles. The molecule has 6 atom stereocenters. The number of hydrogen-bond donors (Lipinski definition) is 0. The lowest BCUT2D eigenvalue weighted by molar-refractivity contribution is 0.310. The lowest BCUT2D eigenvalue weighted by atomic mass is 10.4. The molecule has 2 aromatic rings. The maximum absolute atomic E-state index is 13.5. The van der Waals surface area contributed by atoms with Gasteiger partial charge in [0.25, 0.3) is 0 Å². The highest BCUT2D eigenvalue weighted by atomic mass is 28.5. The van der Waals surface area contributed by atoms with Crippen molar-refractivity contribution in [3.8, 4) is 0 Å². The third kappa shape index (κ3) is 11.3. The van der Waals surface area contributed by atoms with E-state index < -0.39 is 67.9 Å². The summed E-state index contributed by atoms with van der Waals surface area (Å²) in [7, 11) is -10.6. The molecule has 0 radical (unpaired) electrons. The molecule has 0 saturated carbocycles. The van der Waals surface area contributed by atoms with Gasteiger partial charge in [0.05, 0.1) is 77.0 Å². The molecule has 0 aromatic carbocycles. The van der Waals surface area contributed by atoms with Crippen molar-refractivity contribution in [2.45, 2.75) is 141 Å². The summed E-state index contributed by atoms with van der Waals surface area (Å²) in [5.41, 5.74) is -4.03. The van der Waals surface area contributed by atoms with E-state index in [2.05, 4.69) is 39.3 Å². The molecule has 6 rings (SSSR count). The lowest BCUT2D eigenvalue weighted by Gasteiger charge is -2.43. The fourth-order valence-corrected chi connectivity index (χ4v) is 25.3. The molecule has 4 fully saturated rings. The number of ether oxygens (including phenoxy) is 4. The summed E-state index contributed by atoms with van der Waals surface area (Å²) in [6.07, 6.45) is -0.247. The van der Waals surface area contributed by atoms with Gasteiger partial charge in [-0.05, 0) is 77.3 Å². The van der Waals surface area contributed by atoms with Crippen LogP contribution in [0.3, 0.4) is 0 Å². The minimum absolute atomic E-state index is 0.0475. The number of epoxide rings is 4. The molecule has 23 heteroatoms. The SMILES string of the molecule is C[Si](C)(C)O[Si](C)(CCCn1c(=O)n(CC2CO2)c(=O)n(CC2CO2)c1=O)O[Si](C)(CCCn1c(=O)n(CC2CO2)c(=O)n(CC2CO2)c1=O)O[Si](C)(C)C. The third-order valence-corrected chi connectivity index (χ3v) is 23.8. The molecule has 19 nitrogen and oxygen atoms in total. The Morgan fingerprint density at radius 1 is 0.436 bits per heavy atom. The molecule has 0 bridgehead atoms. The van der Waals surface area contributed by atoms with Crippen molar-refractivity contribution < 1.29 is 31.3 Å². The van der Waals surface area contributed by atoms with E-state index >= 15 is 0 Å². The van der Waals surface area contributed by atoms with Gasteiger partial charge in [0.2, 0.25) is 0 Å². The fourth-order valence-electron chi connectivity index (χ4n) is 7.00. The summed E-state index contributed by atoms with van der Waals surface area (Å²) >= 11 is 0. The first kappa shape index (κ1) is 42.0. The number of aromatic nitrogens is 6. The second kappa shape index (κ2) is 16.0. The minimum atomic E-state index is -3.10. The van der Waals surface area contributed by atoms with Crippen molar-refractivity contribution in [2.24, 2.45) is 0 Å². The van der Waals surface area contributed by atoms with E-state index in [-0.39, 0.29) is 63.7 Å². The van der Waals surface area contributed by atoms with Crippen LogP contribution in [-0.2, 0) is 70.6 Å². The molecular weight excluding hydrogens is 789 g/mol. The van der Waals surface area contributed by atoms with Crippen LogP contribution in [0, 0.1) is 0 Å². The van der Waals surface area contributed by atoms with Gasteiger partial charge in [0, 0.05) is 13.1 Å². The van der Waals surface area contributed by atoms with Crippen molar-refractivity contribution >= 4 is 33.8 Å². The maximum atomic E-state index is 13.5. The van der Waals surface area contributed by atoms with Crippen molar-refractivity contribution in [1.29, 1.82) is 0 Å². The van der Waals surface area contributed by atoms with Crippen LogP contribution in [0.2, 0.25) is 64.5 Å². The first-order valence-corrected chi connectivity index (χ1v) is 31.0. The molecule has 4 aliphatic rings. The molecule has 55 heavy (non-hydrogen) atoms. The van der Waals surface area contributed by atoms with Crippen LogP contribution < -0.4 is 34.1 Å². The second-order valence-electron chi connectivity index (χ2n) is 17.3. The minimum Gasteiger partial charge on any atom is -0.437 e. The summed E-state index contributed by atoms with van der Waals surface area (Å²) in [5, 5.41) is 0. The largest absolute Gasteiger partial charge is 0.437 e. The Bertz CT molecular complexity index is 1850. The average molecular weight is 845 g/mol. The monoisotopic (exact) mass is 844 g/mol. The zero-order valence-corrected chi connectivity index (χ0v) is 37.2. The predicted octanol–water partition coefficient (Wildman–Crippen LogP) is -0.404. The molecule has 4 aliphatic heterocycles. The lowest BCUT2D eigenvalue weighted by Crippen LogP contribution is -2.58. The van der Waals surface area contributed by atoms with E-state index in [1.165, 1.54) is 0 Å². The number of rotatable bonds is 22. The van der Waals surface area contributed by atoms with Gasteiger partial charge in [-0.15, -0.1) is 0 Å². The Labute approximate surface area is 322 Å². The van der Waals surface area contributed by atoms with Crippen LogP contribution in [-0.4, -0.2) is 112 Å². The summed E-state index contributed by atoms with van der Waals surface area (Å²) in [6.45, 7) is 18.6. The summed E-state index contributed by atoms with van der Waals surface area (Å²) in [6, 6.07) is 0.859. The van der Waals surface area contributed by atoms with Crippen molar-refractivity contribution in [2.75, 3.05) is 26.4 Å². The molecule has 0 aliphatic carbocycles. The molecule has 6 unspecified atom stereocenters. The van der Waals surface area contributed by atoms with E-state index in [9.17, 15) is 28.8 Å². The Morgan fingerprint density at radius 3 is 0.891 bits per heavy atom. The molecular formula is C32H56N6O13Si4. The molecule has 308 valence electrons.